The molecule has 44 valence electrons. The van der Waals surface area contributed by atoms with Gasteiger partial charge in [-0.2, -0.15) is 0 Å². The van der Waals surface area contributed by atoms with Crippen molar-refractivity contribution in [3.63, 3.8) is 0 Å². The van der Waals surface area contributed by atoms with Crippen LogP contribution in [-0.4, -0.2) is 19.2 Å². The van der Waals surface area contributed by atoms with Crippen LogP contribution >= 0.6 is 28.3 Å². The van der Waals surface area contributed by atoms with Gasteiger partial charge in [0.25, 0.3) is 0 Å². The molecule has 0 amide bonds. The topological polar surface area (TPSA) is 17.1 Å². The second-order valence-corrected chi connectivity index (χ2v) is 10.5. The van der Waals surface area contributed by atoms with Crippen molar-refractivity contribution in [2.24, 2.45) is 0 Å². The molecule has 0 aromatic carbocycles. The van der Waals surface area contributed by atoms with Crippen molar-refractivity contribution >= 4 is 28.3 Å². The van der Waals surface area contributed by atoms with Crippen LogP contribution in [0.4, 0.5) is 0 Å². The highest BCUT2D eigenvalue weighted by atomic mass is 33.1. The van der Waals surface area contributed by atoms with Gasteiger partial charge in [-0.3, -0.25) is 0 Å². The van der Waals surface area contributed by atoms with E-state index in [1.54, 1.807) is 6.66 Å². The highest BCUT2D eigenvalue weighted by Gasteiger charge is 2.07. The Balaban J connectivity index is 3.61. The summed E-state index contributed by atoms with van der Waals surface area (Å²) in [6.45, 7) is 1.78. The molecule has 0 N–H and O–H groups in total. The van der Waals surface area contributed by atoms with E-state index in [0.717, 1.165) is 0 Å². The van der Waals surface area contributed by atoms with Gasteiger partial charge in [-0.25, -0.2) is 0 Å². The van der Waals surface area contributed by atoms with Crippen LogP contribution in [0.2, 0.25) is 0 Å². The summed E-state index contributed by atoms with van der Waals surface area (Å²) in [6, 6.07) is 0. The third-order valence-corrected chi connectivity index (χ3v) is 8.65. The predicted octanol–water partition coefficient (Wildman–Crippen LogP) is 2.54. The predicted molar refractivity (Wildman–Crippen MR) is 40.6 cm³/mol. The molecular weight excluding hydrogens is 147 g/mol. The van der Waals surface area contributed by atoms with Crippen LogP contribution in [0.5, 0.6) is 0 Å². The minimum absolute atomic E-state index is 1.45. The van der Waals surface area contributed by atoms with E-state index >= 15 is 0 Å². The highest BCUT2D eigenvalue weighted by molar-refractivity contribution is 8.90. The van der Waals surface area contributed by atoms with Crippen LogP contribution in [0, 0.1) is 0 Å². The Labute approximate surface area is 52.5 Å². The van der Waals surface area contributed by atoms with Crippen molar-refractivity contribution in [1.82, 2.24) is 0 Å². The Morgan fingerprint density at radius 2 is 1.57 bits per heavy atom. The molecule has 0 atom stereocenters. The molecule has 0 aliphatic carbocycles. The fraction of sp³-hybridized carbons (Fsp3) is 1.00. The Morgan fingerprint density at radius 3 is 1.57 bits per heavy atom. The molecule has 0 aromatic heterocycles. The molecule has 0 saturated carbocycles. The first-order valence-corrected chi connectivity index (χ1v) is 7.63. The summed E-state index contributed by atoms with van der Waals surface area (Å²) < 4.78 is 10.9. The van der Waals surface area contributed by atoms with E-state index in [1.807, 2.05) is 12.5 Å². The molecule has 0 radical (unpaired) electrons. The van der Waals surface area contributed by atoms with Gasteiger partial charge in [0.05, 0.1) is 0 Å². The summed E-state index contributed by atoms with van der Waals surface area (Å²) in [5.41, 5.74) is -1.82. The van der Waals surface area contributed by atoms with Crippen molar-refractivity contribution in [1.29, 1.82) is 0 Å². The molecule has 0 fully saturated rings. The molecule has 4 heteroatoms. The number of rotatable bonds is 2. The SMILES string of the molecule is CSP(C)(=O)SC. The molecule has 0 saturated heterocycles. The van der Waals surface area contributed by atoms with Crippen molar-refractivity contribution in [2.45, 2.75) is 0 Å². The molecule has 0 rings (SSSR count). The molecule has 1 nitrogen and oxygen atoms in total. The summed E-state index contributed by atoms with van der Waals surface area (Å²) >= 11 is 2.89. The third kappa shape index (κ3) is 3.51. The molecule has 0 heterocycles. The Bertz CT molecular complexity index is 84.9. The lowest BCUT2D eigenvalue weighted by atomic mass is 12.0. The van der Waals surface area contributed by atoms with E-state index in [0.29, 0.717) is 0 Å². The van der Waals surface area contributed by atoms with E-state index in [2.05, 4.69) is 0 Å². The van der Waals surface area contributed by atoms with Gasteiger partial charge in [-0.05, 0) is 12.5 Å². The smallest absolute Gasteiger partial charge is 0.187 e. The maximum Gasteiger partial charge on any atom is 0.187 e. The zero-order valence-corrected chi connectivity index (χ0v) is 7.20. The molecular formula is C3H9OPS2. The van der Waals surface area contributed by atoms with E-state index in [4.69, 9.17) is 0 Å². The van der Waals surface area contributed by atoms with Gasteiger partial charge >= 0.3 is 0 Å². The third-order valence-electron chi connectivity index (χ3n) is 0.663. The van der Waals surface area contributed by atoms with Crippen LogP contribution in [0.25, 0.3) is 0 Å². The molecule has 0 unspecified atom stereocenters. The van der Waals surface area contributed by atoms with Crippen molar-refractivity contribution in [2.75, 3.05) is 19.2 Å². The van der Waals surface area contributed by atoms with Gasteiger partial charge in [0.1, 0.15) is 0 Å². The minimum atomic E-state index is -1.82. The summed E-state index contributed by atoms with van der Waals surface area (Å²) in [7, 11) is 0. The van der Waals surface area contributed by atoms with Gasteiger partial charge < -0.3 is 4.57 Å². The molecule has 0 aliphatic rings. The first-order chi connectivity index (χ1) is 3.12. The monoisotopic (exact) mass is 156 g/mol. The van der Waals surface area contributed by atoms with Crippen molar-refractivity contribution in [3.05, 3.63) is 0 Å². The molecule has 0 aromatic rings. The second-order valence-electron chi connectivity index (χ2n) is 1.14. The number of hydrogen-bond acceptors (Lipinski definition) is 3. The van der Waals surface area contributed by atoms with E-state index in [1.165, 1.54) is 22.8 Å². The van der Waals surface area contributed by atoms with E-state index < -0.39 is 5.55 Å². The maximum atomic E-state index is 10.9. The largest absolute Gasteiger partial charge is 0.301 e. The summed E-state index contributed by atoms with van der Waals surface area (Å²) in [5.74, 6) is 0. The number of hydrogen-bond donors (Lipinski definition) is 0. The van der Waals surface area contributed by atoms with Crippen LogP contribution < -0.4 is 0 Å². The van der Waals surface area contributed by atoms with Gasteiger partial charge in [0.2, 0.25) is 0 Å². The van der Waals surface area contributed by atoms with Crippen molar-refractivity contribution in [3.8, 4) is 0 Å². The Kier molecular flexibility index (Phi) is 3.46. The fourth-order valence-corrected chi connectivity index (χ4v) is 2.01. The van der Waals surface area contributed by atoms with E-state index in [-0.39, 0.29) is 0 Å². The molecule has 7 heavy (non-hydrogen) atoms. The molecule has 0 spiro atoms. The van der Waals surface area contributed by atoms with E-state index in [9.17, 15) is 4.57 Å². The van der Waals surface area contributed by atoms with Crippen LogP contribution in [0.3, 0.4) is 0 Å². The summed E-state index contributed by atoms with van der Waals surface area (Å²) in [6.07, 6.45) is 3.74. The van der Waals surface area contributed by atoms with Gasteiger partial charge in [0.15, 0.2) is 5.55 Å². The maximum absolute atomic E-state index is 10.9. The lowest BCUT2D eigenvalue weighted by molar-refractivity contribution is 0.597. The summed E-state index contributed by atoms with van der Waals surface area (Å²) in [5, 5.41) is 0. The van der Waals surface area contributed by atoms with Gasteiger partial charge in [-0.1, -0.05) is 22.8 Å². The first kappa shape index (κ1) is 7.93. The minimum Gasteiger partial charge on any atom is -0.301 e. The lowest BCUT2D eigenvalue weighted by Gasteiger charge is -2.01. The first-order valence-electron chi connectivity index (χ1n) is 1.81. The second kappa shape index (κ2) is 3.06. The standard InChI is InChI=1S/C3H9OPS2/c1-5(4,6-2)7-3/h1-3H3. The molecule has 0 bridgehead atoms. The van der Waals surface area contributed by atoms with Crippen LogP contribution in [0.1, 0.15) is 0 Å². The van der Waals surface area contributed by atoms with Crippen LogP contribution in [-0.2, 0) is 4.57 Å². The molecule has 0 aliphatic heterocycles. The Hall–Kier alpha value is 0.930. The lowest BCUT2D eigenvalue weighted by Crippen LogP contribution is -1.57. The van der Waals surface area contributed by atoms with Gasteiger partial charge in [0, 0.05) is 6.66 Å². The normalized spacial score (nSPS) is 11.9. The fourth-order valence-electron chi connectivity index (χ4n) is 0.0745. The zero-order valence-electron chi connectivity index (χ0n) is 4.67. The quantitative estimate of drug-likeness (QED) is 0.572. The van der Waals surface area contributed by atoms with Crippen molar-refractivity contribution < 1.29 is 4.57 Å². The zero-order chi connectivity index (χ0) is 5.91. The summed E-state index contributed by atoms with van der Waals surface area (Å²) in [4.78, 5) is 0. The van der Waals surface area contributed by atoms with Gasteiger partial charge in [-0.15, -0.1) is 0 Å². The Morgan fingerprint density at radius 1 is 1.29 bits per heavy atom. The van der Waals surface area contributed by atoms with Crippen LogP contribution in [0.15, 0.2) is 0 Å². The average Bonchev–Trinajstić information content (AvgIpc) is 1.68. The average molecular weight is 156 g/mol. The highest BCUT2D eigenvalue weighted by Crippen LogP contribution is 2.63.